The third kappa shape index (κ3) is 3.74. The number of hydrazone groups is 1. The molecule has 0 saturated carbocycles. The van der Waals surface area contributed by atoms with Crippen molar-refractivity contribution < 1.29 is 22.7 Å². The van der Waals surface area contributed by atoms with Crippen LogP contribution in [-0.2, 0) is 0 Å². The summed E-state index contributed by atoms with van der Waals surface area (Å²) >= 11 is 0. The second-order valence-corrected chi connectivity index (χ2v) is 6.78. The number of benzene rings is 2. The highest BCUT2D eigenvalue weighted by Gasteiger charge is 2.39. The summed E-state index contributed by atoms with van der Waals surface area (Å²) < 4.78 is 46.1. The third-order valence-corrected chi connectivity index (χ3v) is 4.78. The number of hydrogen-bond donors (Lipinski definition) is 0. The van der Waals surface area contributed by atoms with Gasteiger partial charge in [0.05, 0.1) is 24.7 Å². The van der Waals surface area contributed by atoms with Crippen LogP contribution in [0.3, 0.4) is 0 Å². The van der Waals surface area contributed by atoms with Crippen LogP contribution in [-0.4, -0.2) is 41.3 Å². The van der Waals surface area contributed by atoms with Crippen LogP contribution < -0.4 is 4.74 Å². The van der Waals surface area contributed by atoms with Crippen molar-refractivity contribution >= 4 is 12.2 Å². The zero-order valence-corrected chi connectivity index (χ0v) is 15.1. The van der Waals surface area contributed by atoms with Gasteiger partial charge in [-0.3, -0.25) is 0 Å². The number of amides is 2. The van der Waals surface area contributed by atoms with Gasteiger partial charge in [-0.05, 0) is 29.8 Å². The molecule has 2 aromatic rings. The summed E-state index contributed by atoms with van der Waals surface area (Å²) in [5.41, 5.74) is 0.211. The summed E-state index contributed by atoms with van der Waals surface area (Å²) in [6.07, 6.45) is 1.57. The van der Waals surface area contributed by atoms with Crippen LogP contribution in [0.25, 0.3) is 0 Å². The summed E-state index contributed by atoms with van der Waals surface area (Å²) in [6.45, 7) is 0.544. The first-order chi connectivity index (χ1) is 13.9. The lowest BCUT2D eigenvalue weighted by atomic mass is 10.0. The molecule has 29 heavy (non-hydrogen) atoms. The second-order valence-electron chi connectivity index (χ2n) is 6.78. The maximum Gasteiger partial charge on any atom is 0.341 e. The van der Waals surface area contributed by atoms with Gasteiger partial charge in [0.15, 0.2) is 0 Å². The normalized spacial score (nSPS) is 18.5. The first-order valence-corrected chi connectivity index (χ1v) is 8.87. The molecule has 2 aliphatic heterocycles. The summed E-state index contributed by atoms with van der Waals surface area (Å²) in [6, 6.07) is 7.78. The highest BCUT2D eigenvalue weighted by atomic mass is 19.1. The van der Waals surface area contributed by atoms with Gasteiger partial charge in [0.2, 0.25) is 0 Å². The van der Waals surface area contributed by atoms with Crippen LogP contribution in [0.2, 0.25) is 0 Å². The van der Waals surface area contributed by atoms with E-state index in [-0.39, 0.29) is 24.8 Å². The molecule has 1 saturated heterocycles. The maximum atomic E-state index is 13.5. The summed E-state index contributed by atoms with van der Waals surface area (Å²) in [5.74, 6) is -1.72. The molecule has 1 atom stereocenters. The number of nitrogens with zero attached hydrogens (tertiary/aromatic N) is 4. The SMILES string of the molecule is N#Cc1cc(OC2CN(C(=O)N3N=CC[C@H]3c3cc(F)cc(F)c3)C2)ccc1F. The quantitative estimate of drug-likeness (QED) is 0.791. The minimum Gasteiger partial charge on any atom is -0.487 e. The molecule has 2 aliphatic rings. The second kappa shape index (κ2) is 7.47. The van der Waals surface area contributed by atoms with Crippen LogP contribution in [0, 0.1) is 28.8 Å². The van der Waals surface area contributed by atoms with E-state index in [1.165, 1.54) is 40.4 Å². The van der Waals surface area contributed by atoms with Crippen LogP contribution in [0.15, 0.2) is 41.5 Å². The van der Waals surface area contributed by atoms with Crippen molar-refractivity contribution in [3.63, 3.8) is 0 Å². The molecule has 0 aliphatic carbocycles. The van der Waals surface area contributed by atoms with E-state index in [2.05, 4.69) is 5.10 Å². The standard InChI is InChI=1S/C20H15F3N4O2/c21-14-5-12(6-15(22)8-14)19-3-4-25-27(19)20(28)26-10-17(11-26)29-16-1-2-18(23)13(7-16)9-24/h1-2,4-8,17,19H,3,10-11H2/t19-/m0/s1. The first-order valence-electron chi connectivity index (χ1n) is 8.87. The van der Waals surface area contributed by atoms with Crippen molar-refractivity contribution in [2.75, 3.05) is 13.1 Å². The third-order valence-electron chi connectivity index (χ3n) is 4.78. The minimum atomic E-state index is -0.715. The largest absolute Gasteiger partial charge is 0.487 e. The molecule has 0 spiro atoms. The molecule has 1 fully saturated rings. The molecule has 148 valence electrons. The Balaban J connectivity index is 1.38. The Hall–Kier alpha value is -3.54. The Labute approximate surface area is 164 Å². The predicted molar refractivity (Wildman–Crippen MR) is 96.5 cm³/mol. The fourth-order valence-corrected chi connectivity index (χ4v) is 3.31. The van der Waals surface area contributed by atoms with Gasteiger partial charge in [-0.2, -0.15) is 10.4 Å². The van der Waals surface area contributed by atoms with Crippen molar-refractivity contribution in [2.45, 2.75) is 18.6 Å². The molecule has 0 N–H and O–H groups in total. The Kier molecular flexibility index (Phi) is 4.84. The fraction of sp³-hybridized carbons (Fsp3) is 0.250. The molecule has 4 rings (SSSR count). The number of rotatable bonds is 3. The van der Waals surface area contributed by atoms with Crippen molar-refractivity contribution in [2.24, 2.45) is 5.10 Å². The molecule has 6 nitrogen and oxygen atoms in total. The zero-order valence-electron chi connectivity index (χ0n) is 15.1. The van der Waals surface area contributed by atoms with Crippen molar-refractivity contribution in [1.29, 1.82) is 5.26 Å². The first kappa shape index (κ1) is 18.8. The summed E-state index contributed by atoms with van der Waals surface area (Å²) in [4.78, 5) is 14.2. The Bertz CT molecular complexity index is 1010. The smallest absolute Gasteiger partial charge is 0.341 e. The minimum absolute atomic E-state index is 0.119. The van der Waals surface area contributed by atoms with Crippen LogP contribution in [0.4, 0.5) is 18.0 Å². The van der Waals surface area contributed by atoms with Gasteiger partial charge in [-0.1, -0.05) is 0 Å². The van der Waals surface area contributed by atoms with Gasteiger partial charge in [0.25, 0.3) is 0 Å². The van der Waals surface area contributed by atoms with E-state index in [0.717, 1.165) is 12.1 Å². The molecule has 0 aromatic heterocycles. The van der Waals surface area contributed by atoms with E-state index < -0.39 is 29.5 Å². The van der Waals surface area contributed by atoms with Crippen LogP contribution in [0.1, 0.15) is 23.6 Å². The molecule has 9 heteroatoms. The lowest BCUT2D eigenvalue weighted by Gasteiger charge is -2.41. The Morgan fingerprint density at radius 3 is 2.55 bits per heavy atom. The lowest BCUT2D eigenvalue weighted by molar-refractivity contribution is 0.0276. The van der Waals surface area contributed by atoms with E-state index in [9.17, 15) is 18.0 Å². The van der Waals surface area contributed by atoms with E-state index in [0.29, 0.717) is 17.7 Å². The monoisotopic (exact) mass is 400 g/mol. The number of ether oxygens (including phenoxy) is 1. The molecule has 0 radical (unpaired) electrons. The number of halogens is 3. The molecule has 0 bridgehead atoms. The van der Waals surface area contributed by atoms with Gasteiger partial charge < -0.3 is 9.64 Å². The Morgan fingerprint density at radius 1 is 1.14 bits per heavy atom. The highest BCUT2D eigenvalue weighted by Crippen LogP contribution is 2.31. The van der Waals surface area contributed by atoms with Crippen molar-refractivity contribution in [3.8, 4) is 11.8 Å². The van der Waals surface area contributed by atoms with E-state index in [1.54, 1.807) is 6.07 Å². The molecular formula is C20H15F3N4O2. The number of urea groups is 1. The number of nitriles is 1. The molecule has 0 unspecified atom stereocenters. The number of likely N-dealkylation sites (tertiary alicyclic amines) is 1. The number of carbonyl (C=O) groups excluding carboxylic acids is 1. The Morgan fingerprint density at radius 2 is 1.86 bits per heavy atom. The number of carbonyl (C=O) groups is 1. The van der Waals surface area contributed by atoms with Gasteiger partial charge >= 0.3 is 6.03 Å². The average Bonchev–Trinajstić information content (AvgIpc) is 3.14. The predicted octanol–water partition coefficient (Wildman–Crippen LogP) is 3.59. The van der Waals surface area contributed by atoms with Gasteiger partial charge in [-0.15, -0.1) is 0 Å². The molecule has 2 heterocycles. The van der Waals surface area contributed by atoms with Gasteiger partial charge in [0.1, 0.15) is 35.4 Å². The van der Waals surface area contributed by atoms with Gasteiger partial charge in [-0.25, -0.2) is 23.0 Å². The summed E-state index contributed by atoms with van der Waals surface area (Å²) in [7, 11) is 0. The van der Waals surface area contributed by atoms with E-state index in [1.807, 2.05) is 0 Å². The lowest BCUT2D eigenvalue weighted by Crippen LogP contribution is -2.58. The van der Waals surface area contributed by atoms with Crippen molar-refractivity contribution in [1.82, 2.24) is 9.91 Å². The molecular weight excluding hydrogens is 385 g/mol. The van der Waals surface area contributed by atoms with E-state index in [4.69, 9.17) is 10.00 Å². The summed E-state index contributed by atoms with van der Waals surface area (Å²) in [5, 5.41) is 14.1. The van der Waals surface area contributed by atoms with Crippen molar-refractivity contribution in [3.05, 3.63) is 65.0 Å². The zero-order chi connectivity index (χ0) is 20.5. The fourth-order valence-electron chi connectivity index (χ4n) is 3.31. The van der Waals surface area contributed by atoms with Crippen LogP contribution in [0.5, 0.6) is 5.75 Å². The highest BCUT2D eigenvalue weighted by molar-refractivity contribution is 5.79. The molecule has 2 aromatic carbocycles. The van der Waals surface area contributed by atoms with E-state index >= 15 is 0 Å². The molecule has 2 amide bonds. The van der Waals surface area contributed by atoms with Gasteiger partial charge in [0, 0.05) is 24.8 Å². The van der Waals surface area contributed by atoms with Crippen LogP contribution >= 0.6 is 0 Å². The topological polar surface area (TPSA) is 68.9 Å². The number of hydrogen-bond acceptors (Lipinski definition) is 4. The maximum absolute atomic E-state index is 13.5. The average molecular weight is 400 g/mol.